The van der Waals surface area contributed by atoms with Gasteiger partial charge in [0.2, 0.25) is 5.95 Å². The quantitative estimate of drug-likeness (QED) is 0.688. The molecule has 0 aliphatic heterocycles. The molecular weight excluding hydrogens is 152 g/mol. The highest BCUT2D eigenvalue weighted by Gasteiger charge is 2.00. The zero-order valence-corrected chi connectivity index (χ0v) is 7.41. The van der Waals surface area contributed by atoms with Gasteiger partial charge in [0, 0.05) is 24.5 Å². The van der Waals surface area contributed by atoms with Gasteiger partial charge < -0.3 is 11.1 Å². The Morgan fingerprint density at radius 1 is 1.67 bits per heavy atom. The van der Waals surface area contributed by atoms with Crippen LogP contribution in [0, 0.1) is 6.92 Å². The Morgan fingerprint density at radius 2 is 2.42 bits per heavy atom. The van der Waals surface area contributed by atoms with Crippen molar-refractivity contribution in [1.82, 2.24) is 9.97 Å². The first-order valence-electron chi connectivity index (χ1n) is 3.98. The summed E-state index contributed by atoms with van der Waals surface area (Å²) >= 11 is 0. The Balaban J connectivity index is 2.63. The third kappa shape index (κ3) is 2.47. The van der Waals surface area contributed by atoms with Gasteiger partial charge in [0.1, 0.15) is 0 Å². The number of anilines is 1. The van der Waals surface area contributed by atoms with E-state index in [-0.39, 0.29) is 6.04 Å². The van der Waals surface area contributed by atoms with E-state index in [4.69, 9.17) is 5.73 Å². The summed E-state index contributed by atoms with van der Waals surface area (Å²) in [7, 11) is 0. The Labute approximate surface area is 72.2 Å². The predicted octanol–water partition coefficient (Wildman–Crippen LogP) is 0.544. The summed E-state index contributed by atoms with van der Waals surface area (Å²) in [5, 5.41) is 3.09. The number of nitrogens with one attached hydrogen (secondary N) is 1. The van der Waals surface area contributed by atoms with Crippen molar-refractivity contribution >= 4 is 5.95 Å². The van der Waals surface area contributed by atoms with E-state index in [0.29, 0.717) is 12.5 Å². The van der Waals surface area contributed by atoms with Crippen molar-refractivity contribution in [3.63, 3.8) is 0 Å². The molecule has 1 heterocycles. The van der Waals surface area contributed by atoms with Gasteiger partial charge in [-0.15, -0.1) is 0 Å². The highest BCUT2D eigenvalue weighted by atomic mass is 15.1. The van der Waals surface area contributed by atoms with Crippen LogP contribution in [0.1, 0.15) is 12.6 Å². The lowest BCUT2D eigenvalue weighted by molar-refractivity contribution is 0.789. The number of nitrogens with zero attached hydrogens (tertiary/aromatic N) is 2. The normalized spacial score (nSPS) is 12.6. The van der Waals surface area contributed by atoms with Gasteiger partial charge in [-0.25, -0.2) is 9.97 Å². The minimum Gasteiger partial charge on any atom is -0.350 e. The molecule has 0 bridgehead atoms. The molecule has 0 spiro atoms. The fraction of sp³-hybridized carbons (Fsp3) is 0.500. The number of aromatic nitrogens is 2. The molecule has 0 saturated heterocycles. The Morgan fingerprint density at radius 3 is 3.00 bits per heavy atom. The Bertz CT molecular complexity index is 249. The lowest BCUT2D eigenvalue weighted by Gasteiger charge is -2.10. The molecule has 3 N–H and O–H groups in total. The average Bonchev–Trinajstić information content (AvgIpc) is 2.04. The molecule has 0 aromatic carbocycles. The summed E-state index contributed by atoms with van der Waals surface area (Å²) in [5.74, 6) is 0.646. The van der Waals surface area contributed by atoms with Crippen molar-refractivity contribution in [3.8, 4) is 0 Å². The third-order valence-corrected chi connectivity index (χ3v) is 1.52. The van der Waals surface area contributed by atoms with Crippen molar-refractivity contribution in [3.05, 3.63) is 18.0 Å². The van der Waals surface area contributed by atoms with Gasteiger partial charge in [-0.3, -0.25) is 0 Å². The summed E-state index contributed by atoms with van der Waals surface area (Å²) in [4.78, 5) is 8.23. The van der Waals surface area contributed by atoms with Crippen molar-refractivity contribution in [2.75, 3.05) is 11.9 Å². The first kappa shape index (κ1) is 8.93. The van der Waals surface area contributed by atoms with E-state index in [1.165, 1.54) is 0 Å². The lowest BCUT2D eigenvalue weighted by atomic mass is 10.3. The number of hydrogen-bond acceptors (Lipinski definition) is 4. The van der Waals surface area contributed by atoms with Crippen molar-refractivity contribution in [2.24, 2.45) is 5.73 Å². The fourth-order valence-electron chi connectivity index (χ4n) is 0.798. The minimum absolute atomic E-state index is 0.215. The summed E-state index contributed by atoms with van der Waals surface area (Å²) in [6.45, 7) is 4.50. The molecule has 0 unspecified atom stereocenters. The van der Waals surface area contributed by atoms with Gasteiger partial charge in [-0.05, 0) is 19.9 Å². The van der Waals surface area contributed by atoms with E-state index in [1.807, 2.05) is 19.9 Å². The monoisotopic (exact) mass is 166 g/mol. The van der Waals surface area contributed by atoms with Crippen LogP contribution in [0.4, 0.5) is 5.95 Å². The van der Waals surface area contributed by atoms with E-state index < -0.39 is 0 Å². The van der Waals surface area contributed by atoms with E-state index in [9.17, 15) is 0 Å². The molecule has 1 rings (SSSR count). The van der Waals surface area contributed by atoms with Crippen molar-refractivity contribution < 1.29 is 0 Å². The molecule has 0 aliphatic rings. The number of hydrogen-bond donors (Lipinski definition) is 2. The van der Waals surface area contributed by atoms with Crippen LogP contribution in [0.2, 0.25) is 0 Å². The summed E-state index contributed by atoms with van der Waals surface area (Å²) in [6, 6.07) is 2.07. The maximum Gasteiger partial charge on any atom is 0.223 e. The highest BCUT2D eigenvalue weighted by molar-refractivity contribution is 5.25. The standard InChI is InChI=1S/C8H14N4/c1-6-3-4-10-8(11-6)12-7(2)5-9/h3-4,7H,5,9H2,1-2H3,(H,10,11,12)/t7-/m0/s1. The van der Waals surface area contributed by atoms with Crippen molar-refractivity contribution in [2.45, 2.75) is 19.9 Å². The van der Waals surface area contributed by atoms with E-state index in [1.54, 1.807) is 6.20 Å². The largest absolute Gasteiger partial charge is 0.350 e. The van der Waals surface area contributed by atoms with Crippen LogP contribution in [0.25, 0.3) is 0 Å². The zero-order chi connectivity index (χ0) is 8.97. The second-order valence-corrected chi connectivity index (χ2v) is 2.80. The van der Waals surface area contributed by atoms with Crippen LogP contribution in [-0.4, -0.2) is 22.6 Å². The maximum absolute atomic E-state index is 5.44. The SMILES string of the molecule is Cc1ccnc(N[C@@H](C)CN)n1. The molecule has 0 amide bonds. The maximum atomic E-state index is 5.44. The molecule has 1 aromatic rings. The van der Waals surface area contributed by atoms with Gasteiger partial charge in [0.05, 0.1) is 0 Å². The van der Waals surface area contributed by atoms with Crippen LogP contribution in [0.3, 0.4) is 0 Å². The molecule has 4 heteroatoms. The molecule has 12 heavy (non-hydrogen) atoms. The molecular formula is C8H14N4. The summed E-state index contributed by atoms with van der Waals surface area (Å²) in [6.07, 6.45) is 1.73. The minimum atomic E-state index is 0.215. The third-order valence-electron chi connectivity index (χ3n) is 1.52. The zero-order valence-electron chi connectivity index (χ0n) is 7.41. The van der Waals surface area contributed by atoms with Crippen LogP contribution in [-0.2, 0) is 0 Å². The van der Waals surface area contributed by atoms with Crippen LogP contribution >= 0.6 is 0 Å². The molecule has 66 valence electrons. The van der Waals surface area contributed by atoms with Crippen LogP contribution in [0.15, 0.2) is 12.3 Å². The molecule has 0 saturated carbocycles. The average molecular weight is 166 g/mol. The Kier molecular flexibility index (Phi) is 2.99. The second kappa shape index (κ2) is 4.01. The number of nitrogens with two attached hydrogens (primary N) is 1. The number of aryl methyl sites for hydroxylation is 1. The topological polar surface area (TPSA) is 63.8 Å². The molecule has 4 nitrogen and oxygen atoms in total. The molecule has 0 fully saturated rings. The van der Waals surface area contributed by atoms with Gasteiger partial charge in [0.15, 0.2) is 0 Å². The van der Waals surface area contributed by atoms with Crippen LogP contribution in [0.5, 0.6) is 0 Å². The number of rotatable bonds is 3. The first-order chi connectivity index (χ1) is 5.72. The predicted molar refractivity (Wildman–Crippen MR) is 48.9 cm³/mol. The van der Waals surface area contributed by atoms with Crippen molar-refractivity contribution in [1.29, 1.82) is 0 Å². The Hall–Kier alpha value is -1.16. The molecule has 0 aliphatic carbocycles. The van der Waals surface area contributed by atoms with Gasteiger partial charge in [-0.1, -0.05) is 0 Å². The van der Waals surface area contributed by atoms with Gasteiger partial charge in [0.25, 0.3) is 0 Å². The smallest absolute Gasteiger partial charge is 0.223 e. The van der Waals surface area contributed by atoms with E-state index in [2.05, 4.69) is 15.3 Å². The lowest BCUT2D eigenvalue weighted by Crippen LogP contribution is -2.26. The highest BCUT2D eigenvalue weighted by Crippen LogP contribution is 1.99. The summed E-state index contributed by atoms with van der Waals surface area (Å²) in [5.41, 5.74) is 6.40. The van der Waals surface area contributed by atoms with E-state index >= 15 is 0 Å². The van der Waals surface area contributed by atoms with Gasteiger partial charge in [-0.2, -0.15) is 0 Å². The molecule has 1 atom stereocenters. The summed E-state index contributed by atoms with van der Waals surface area (Å²) < 4.78 is 0. The van der Waals surface area contributed by atoms with Crippen LogP contribution < -0.4 is 11.1 Å². The molecule has 0 radical (unpaired) electrons. The van der Waals surface area contributed by atoms with Gasteiger partial charge >= 0.3 is 0 Å². The molecule has 1 aromatic heterocycles. The fourth-order valence-corrected chi connectivity index (χ4v) is 0.798. The second-order valence-electron chi connectivity index (χ2n) is 2.80. The van der Waals surface area contributed by atoms with E-state index in [0.717, 1.165) is 5.69 Å². The first-order valence-corrected chi connectivity index (χ1v) is 3.98.